The molecule has 0 bridgehead atoms. The Balaban J connectivity index is 2.28. The maximum atomic E-state index is 8.87. The van der Waals surface area contributed by atoms with Gasteiger partial charge in [-0.2, -0.15) is 5.26 Å². The lowest BCUT2D eigenvalue weighted by molar-refractivity contribution is 0.980. The van der Waals surface area contributed by atoms with E-state index in [-0.39, 0.29) is 0 Å². The van der Waals surface area contributed by atoms with Crippen molar-refractivity contribution < 1.29 is 0 Å². The first-order valence-electron chi connectivity index (χ1n) is 4.12. The number of nitrogens with zero attached hydrogens (tertiary/aromatic N) is 4. The van der Waals surface area contributed by atoms with Crippen molar-refractivity contribution >= 4 is 23.1 Å². The monoisotopic (exact) mass is 234 g/mol. The minimum Gasteiger partial charge on any atom is -0.248 e. The molecule has 0 N–H and O–H groups in total. The van der Waals surface area contributed by atoms with Crippen LogP contribution in [0.1, 0.15) is 10.6 Å². The third kappa shape index (κ3) is 2.32. The van der Waals surface area contributed by atoms with Crippen molar-refractivity contribution in [2.24, 2.45) is 0 Å². The zero-order valence-corrected chi connectivity index (χ0v) is 9.47. The molecule has 2 aromatic rings. The lowest BCUT2D eigenvalue weighted by Gasteiger charge is -1.97. The second kappa shape index (κ2) is 4.38. The van der Waals surface area contributed by atoms with E-state index in [0.717, 1.165) is 9.35 Å². The molecule has 0 amide bonds. The molecule has 0 saturated heterocycles. The summed E-state index contributed by atoms with van der Waals surface area (Å²) in [6, 6.07) is 5.58. The van der Waals surface area contributed by atoms with Gasteiger partial charge in [0.25, 0.3) is 0 Å². The summed E-state index contributed by atoms with van der Waals surface area (Å²) in [6.45, 7) is 1.89. The molecule has 0 spiro atoms. The zero-order chi connectivity index (χ0) is 10.7. The fourth-order valence-corrected chi connectivity index (χ4v) is 2.73. The van der Waals surface area contributed by atoms with Gasteiger partial charge in [-0.25, -0.2) is 4.98 Å². The number of rotatable bonds is 2. The van der Waals surface area contributed by atoms with Crippen LogP contribution in [0, 0.1) is 18.3 Å². The van der Waals surface area contributed by atoms with Crippen molar-refractivity contribution in [1.29, 1.82) is 5.26 Å². The van der Waals surface area contributed by atoms with E-state index in [4.69, 9.17) is 5.26 Å². The van der Waals surface area contributed by atoms with Crippen LogP contribution in [0.25, 0.3) is 0 Å². The SMILES string of the molecule is Cc1nnc(Sc2ncccc2C#N)s1. The number of aromatic nitrogens is 3. The van der Waals surface area contributed by atoms with Gasteiger partial charge in [-0.3, -0.25) is 0 Å². The van der Waals surface area contributed by atoms with E-state index < -0.39 is 0 Å². The normalized spacial score (nSPS) is 9.87. The standard InChI is InChI=1S/C9H6N4S2/c1-6-12-13-9(14-6)15-8-7(5-10)3-2-4-11-8/h2-4H,1H3. The predicted molar refractivity (Wildman–Crippen MR) is 57.7 cm³/mol. The molecule has 0 aliphatic rings. The lowest BCUT2D eigenvalue weighted by Crippen LogP contribution is -1.84. The van der Waals surface area contributed by atoms with Crippen LogP contribution in [0.2, 0.25) is 0 Å². The molecule has 6 heteroatoms. The Bertz CT molecular complexity index is 515. The Morgan fingerprint density at radius 2 is 2.33 bits per heavy atom. The van der Waals surface area contributed by atoms with Crippen molar-refractivity contribution in [3.63, 3.8) is 0 Å². The van der Waals surface area contributed by atoms with Gasteiger partial charge in [-0.15, -0.1) is 10.2 Å². The fourth-order valence-electron chi connectivity index (χ4n) is 0.960. The van der Waals surface area contributed by atoms with E-state index in [9.17, 15) is 0 Å². The quantitative estimate of drug-likeness (QED) is 0.797. The van der Waals surface area contributed by atoms with E-state index in [0.29, 0.717) is 10.6 Å². The van der Waals surface area contributed by atoms with Gasteiger partial charge in [0.15, 0.2) is 4.34 Å². The molecule has 74 valence electrons. The lowest BCUT2D eigenvalue weighted by atomic mass is 10.3. The third-order valence-electron chi connectivity index (χ3n) is 1.58. The number of hydrogen-bond donors (Lipinski definition) is 0. The van der Waals surface area contributed by atoms with Gasteiger partial charge in [-0.05, 0) is 30.8 Å². The average Bonchev–Trinajstić information content (AvgIpc) is 2.65. The van der Waals surface area contributed by atoms with Crippen molar-refractivity contribution in [2.75, 3.05) is 0 Å². The fraction of sp³-hybridized carbons (Fsp3) is 0.111. The molecule has 2 heterocycles. The summed E-state index contributed by atoms with van der Waals surface area (Å²) in [4.78, 5) is 4.13. The number of nitriles is 1. The first-order valence-corrected chi connectivity index (χ1v) is 5.76. The highest BCUT2D eigenvalue weighted by Gasteiger charge is 2.08. The number of aryl methyl sites for hydroxylation is 1. The van der Waals surface area contributed by atoms with Crippen LogP contribution in [0.15, 0.2) is 27.7 Å². The van der Waals surface area contributed by atoms with Crippen LogP contribution in [0.4, 0.5) is 0 Å². The topological polar surface area (TPSA) is 62.5 Å². The summed E-state index contributed by atoms with van der Waals surface area (Å²) >= 11 is 2.86. The Kier molecular flexibility index (Phi) is 2.94. The van der Waals surface area contributed by atoms with Gasteiger partial charge < -0.3 is 0 Å². The van der Waals surface area contributed by atoms with Crippen LogP contribution in [0.5, 0.6) is 0 Å². The molecular weight excluding hydrogens is 228 g/mol. The van der Waals surface area contributed by atoms with Crippen molar-refractivity contribution in [2.45, 2.75) is 16.3 Å². The second-order valence-electron chi connectivity index (χ2n) is 2.66. The van der Waals surface area contributed by atoms with Gasteiger partial charge in [-0.1, -0.05) is 11.3 Å². The van der Waals surface area contributed by atoms with E-state index in [2.05, 4.69) is 21.3 Å². The molecule has 0 unspecified atom stereocenters. The van der Waals surface area contributed by atoms with Crippen LogP contribution in [-0.2, 0) is 0 Å². The maximum Gasteiger partial charge on any atom is 0.180 e. The van der Waals surface area contributed by atoms with Gasteiger partial charge in [0, 0.05) is 6.20 Å². The summed E-state index contributed by atoms with van der Waals surface area (Å²) in [5.74, 6) is 0. The molecule has 4 nitrogen and oxygen atoms in total. The molecule has 0 saturated carbocycles. The Morgan fingerprint density at radius 1 is 1.47 bits per heavy atom. The summed E-state index contributed by atoms with van der Waals surface area (Å²) in [6.07, 6.45) is 1.66. The van der Waals surface area contributed by atoms with Gasteiger partial charge >= 0.3 is 0 Å². The second-order valence-corrected chi connectivity index (χ2v) is 5.07. The van der Waals surface area contributed by atoms with Crippen LogP contribution >= 0.6 is 23.1 Å². The predicted octanol–water partition coefficient (Wildman–Crippen LogP) is 2.26. The van der Waals surface area contributed by atoms with E-state index in [1.165, 1.54) is 23.1 Å². The highest BCUT2D eigenvalue weighted by Crippen LogP contribution is 2.30. The molecule has 0 radical (unpaired) electrons. The molecule has 0 aromatic carbocycles. The Hall–Kier alpha value is -1.45. The average molecular weight is 234 g/mol. The van der Waals surface area contributed by atoms with Crippen molar-refractivity contribution in [3.05, 3.63) is 28.9 Å². The molecule has 0 atom stereocenters. The largest absolute Gasteiger partial charge is 0.248 e. The van der Waals surface area contributed by atoms with Crippen LogP contribution in [0.3, 0.4) is 0 Å². The summed E-state index contributed by atoms with van der Waals surface area (Å²) in [7, 11) is 0. The van der Waals surface area contributed by atoms with Crippen LogP contribution in [-0.4, -0.2) is 15.2 Å². The first-order chi connectivity index (χ1) is 7.29. The molecule has 0 fully saturated rings. The van der Waals surface area contributed by atoms with E-state index in [1.54, 1.807) is 18.3 Å². The van der Waals surface area contributed by atoms with Gasteiger partial charge in [0.1, 0.15) is 16.1 Å². The molecule has 2 rings (SSSR count). The minimum absolute atomic E-state index is 0.565. The molecular formula is C9H6N4S2. The summed E-state index contributed by atoms with van der Waals surface area (Å²) in [5.41, 5.74) is 0.565. The minimum atomic E-state index is 0.565. The van der Waals surface area contributed by atoms with E-state index in [1.807, 2.05) is 6.92 Å². The molecule has 0 aliphatic carbocycles. The van der Waals surface area contributed by atoms with Crippen molar-refractivity contribution in [1.82, 2.24) is 15.2 Å². The Morgan fingerprint density at radius 3 is 3.00 bits per heavy atom. The Labute approximate surface area is 95.0 Å². The highest BCUT2D eigenvalue weighted by molar-refractivity contribution is 8.01. The zero-order valence-electron chi connectivity index (χ0n) is 7.84. The smallest absolute Gasteiger partial charge is 0.180 e. The van der Waals surface area contributed by atoms with Gasteiger partial charge in [0.05, 0.1) is 5.56 Å². The summed E-state index contributed by atoms with van der Waals surface area (Å²) < 4.78 is 0.808. The van der Waals surface area contributed by atoms with Crippen molar-refractivity contribution in [3.8, 4) is 6.07 Å². The maximum absolute atomic E-state index is 8.87. The van der Waals surface area contributed by atoms with E-state index >= 15 is 0 Å². The number of pyridine rings is 1. The number of hydrogen-bond acceptors (Lipinski definition) is 6. The highest BCUT2D eigenvalue weighted by atomic mass is 32.2. The first kappa shape index (κ1) is 10.1. The third-order valence-corrected chi connectivity index (χ3v) is 3.49. The van der Waals surface area contributed by atoms with Gasteiger partial charge in [0.2, 0.25) is 0 Å². The molecule has 0 aliphatic heterocycles. The van der Waals surface area contributed by atoms with Crippen LogP contribution < -0.4 is 0 Å². The molecule has 15 heavy (non-hydrogen) atoms. The summed E-state index contributed by atoms with van der Waals surface area (Å²) in [5, 5.41) is 18.3. The molecule has 2 aromatic heterocycles.